The average molecular weight is 665 g/mol. The molecule has 0 saturated heterocycles. The first-order chi connectivity index (χ1) is 22.5. The molecule has 0 aliphatic carbocycles. The summed E-state index contributed by atoms with van der Waals surface area (Å²) in [5.41, 5.74) is -0.279. The summed E-state index contributed by atoms with van der Waals surface area (Å²) in [7, 11) is 0. The molecule has 0 unspecified atom stereocenters. The van der Waals surface area contributed by atoms with E-state index in [0.29, 0.717) is 30.4 Å². The number of hydrogen-bond donors (Lipinski definition) is 1. The van der Waals surface area contributed by atoms with Crippen LogP contribution >= 0.6 is 0 Å². The first-order valence-corrected chi connectivity index (χ1v) is 16.0. The van der Waals surface area contributed by atoms with E-state index >= 15 is 0 Å². The van der Waals surface area contributed by atoms with Crippen LogP contribution in [0.3, 0.4) is 0 Å². The molecule has 12 nitrogen and oxygen atoms in total. The third-order valence-corrected chi connectivity index (χ3v) is 7.32. The normalized spacial score (nSPS) is 15.3. The number of imide groups is 2. The highest BCUT2D eigenvalue weighted by molar-refractivity contribution is 6.23. The number of unbranched alkanes of at least 4 members (excludes halogenated alkanes) is 2. The zero-order chi connectivity index (χ0) is 35.8. The van der Waals surface area contributed by atoms with Gasteiger partial charge in [-0.15, -0.1) is 0 Å². The molecule has 2 heterocycles. The number of rotatable bonds is 12. The Hall–Kier alpha value is -4.71. The largest absolute Gasteiger partial charge is 0.458 e. The number of carbonyl (C=O) groups is 7. The first-order valence-electron chi connectivity index (χ1n) is 16.0. The molecule has 0 spiro atoms. The molecule has 2 atom stereocenters. The van der Waals surface area contributed by atoms with E-state index in [1.165, 1.54) is 0 Å². The van der Waals surface area contributed by atoms with Crippen molar-refractivity contribution in [1.82, 2.24) is 9.80 Å². The second-order valence-corrected chi connectivity index (χ2v) is 13.5. The molecule has 258 valence electrons. The molecule has 0 saturated carbocycles. The lowest BCUT2D eigenvalue weighted by molar-refractivity contribution is -0.160. The fourth-order valence-electron chi connectivity index (χ4n) is 5.27. The number of ether oxygens (including phenoxy) is 2. The van der Waals surface area contributed by atoms with E-state index in [1.54, 1.807) is 90.1 Å². The molecule has 2 aliphatic heterocycles. The zero-order valence-corrected chi connectivity index (χ0v) is 28.3. The van der Waals surface area contributed by atoms with Crippen molar-refractivity contribution < 1.29 is 48.1 Å². The lowest BCUT2D eigenvalue weighted by Gasteiger charge is -2.28. The van der Waals surface area contributed by atoms with E-state index in [1.807, 2.05) is 0 Å². The Morgan fingerprint density at radius 3 is 1.27 bits per heavy atom. The van der Waals surface area contributed by atoms with Crippen molar-refractivity contribution >= 4 is 41.9 Å². The number of hydrogen-bond acceptors (Lipinski definition) is 10. The van der Waals surface area contributed by atoms with Gasteiger partial charge in [-0.3, -0.25) is 29.0 Å². The molecule has 0 fully saturated rings. The van der Waals surface area contributed by atoms with Crippen LogP contribution in [0.15, 0.2) is 48.5 Å². The Morgan fingerprint density at radius 1 is 0.646 bits per heavy atom. The van der Waals surface area contributed by atoms with Gasteiger partial charge in [0.15, 0.2) is 0 Å². The molecule has 0 radical (unpaired) electrons. The van der Waals surface area contributed by atoms with Gasteiger partial charge in [0, 0.05) is 13.0 Å². The van der Waals surface area contributed by atoms with Gasteiger partial charge in [0.1, 0.15) is 29.6 Å². The van der Waals surface area contributed by atoms with Crippen LogP contribution in [0.2, 0.25) is 0 Å². The molecule has 4 rings (SSSR count). The molecule has 48 heavy (non-hydrogen) atoms. The Kier molecular flexibility index (Phi) is 12.5. The third-order valence-electron chi connectivity index (χ3n) is 7.32. The smallest absolute Gasteiger partial charge is 0.329 e. The van der Waals surface area contributed by atoms with E-state index in [4.69, 9.17) is 14.6 Å². The van der Waals surface area contributed by atoms with Crippen molar-refractivity contribution in [2.45, 2.75) is 103 Å². The van der Waals surface area contributed by atoms with Crippen LogP contribution < -0.4 is 0 Å². The molecule has 12 heteroatoms. The SMILES string of the molecule is CC(C)(C)OC(=O)[C@H](CCCC=O)N1C(=O)c2ccccc2C1=O.CC(C)(C)OC(=O)[C@H](CCCCO)N1C(=O)c2ccccc2C1=O. The van der Waals surface area contributed by atoms with Crippen LogP contribution in [0, 0.1) is 0 Å². The predicted molar refractivity (Wildman–Crippen MR) is 174 cm³/mol. The van der Waals surface area contributed by atoms with Gasteiger partial charge in [0.2, 0.25) is 0 Å². The summed E-state index contributed by atoms with van der Waals surface area (Å²) in [4.78, 5) is 87.9. The summed E-state index contributed by atoms with van der Waals surface area (Å²) in [5, 5.41) is 8.95. The number of fused-ring (bicyclic) bond motifs is 2. The molecule has 4 amide bonds. The average Bonchev–Trinajstić information content (AvgIpc) is 3.40. The zero-order valence-electron chi connectivity index (χ0n) is 28.3. The van der Waals surface area contributed by atoms with Gasteiger partial charge in [-0.25, -0.2) is 9.59 Å². The van der Waals surface area contributed by atoms with Gasteiger partial charge in [-0.1, -0.05) is 24.3 Å². The highest BCUT2D eigenvalue weighted by Gasteiger charge is 2.45. The lowest BCUT2D eigenvalue weighted by Crippen LogP contribution is -2.47. The maximum atomic E-state index is 12.6. The van der Waals surface area contributed by atoms with E-state index in [-0.39, 0.29) is 37.0 Å². The van der Waals surface area contributed by atoms with Crippen LogP contribution in [0.1, 0.15) is 121 Å². The number of amides is 4. The minimum absolute atomic E-state index is 0.0108. The highest BCUT2D eigenvalue weighted by Crippen LogP contribution is 2.29. The van der Waals surface area contributed by atoms with Crippen LogP contribution in [0.25, 0.3) is 0 Å². The van der Waals surface area contributed by atoms with Crippen molar-refractivity contribution in [3.05, 3.63) is 70.8 Å². The van der Waals surface area contributed by atoms with Crippen LogP contribution in [-0.4, -0.2) is 86.7 Å². The van der Waals surface area contributed by atoms with Gasteiger partial charge in [0.05, 0.1) is 22.3 Å². The molecule has 2 aliphatic rings. The number of carbonyl (C=O) groups excluding carboxylic acids is 7. The summed E-state index contributed by atoms with van der Waals surface area (Å²) >= 11 is 0. The third kappa shape index (κ3) is 9.21. The van der Waals surface area contributed by atoms with Crippen LogP contribution in [-0.2, 0) is 23.9 Å². The number of aldehydes is 1. The monoisotopic (exact) mass is 664 g/mol. The number of nitrogens with zero attached hydrogens (tertiary/aromatic N) is 2. The van der Waals surface area contributed by atoms with Gasteiger partial charge in [0.25, 0.3) is 23.6 Å². The number of aliphatic hydroxyl groups is 1. The van der Waals surface area contributed by atoms with Crippen LogP contribution in [0.4, 0.5) is 0 Å². The number of aliphatic hydroxyl groups excluding tert-OH is 1. The summed E-state index contributed by atoms with van der Waals surface area (Å²) < 4.78 is 10.8. The van der Waals surface area contributed by atoms with Crippen molar-refractivity contribution in [1.29, 1.82) is 0 Å². The van der Waals surface area contributed by atoms with E-state index in [9.17, 15) is 33.6 Å². The van der Waals surface area contributed by atoms with Crippen molar-refractivity contribution in [3.63, 3.8) is 0 Å². The molecule has 2 aromatic carbocycles. The highest BCUT2D eigenvalue weighted by atomic mass is 16.6. The van der Waals surface area contributed by atoms with Crippen molar-refractivity contribution in [3.8, 4) is 0 Å². The minimum Gasteiger partial charge on any atom is -0.458 e. The molecule has 1 N–H and O–H groups in total. The summed E-state index contributed by atoms with van der Waals surface area (Å²) in [6.07, 6.45) is 2.84. The fourth-order valence-corrected chi connectivity index (χ4v) is 5.27. The summed E-state index contributed by atoms with van der Waals surface area (Å²) in [6.45, 7) is 10.3. The molecule has 0 aromatic heterocycles. The second kappa shape index (κ2) is 15.9. The van der Waals surface area contributed by atoms with E-state index in [2.05, 4.69) is 0 Å². The molecular formula is C36H44N2O10. The summed E-state index contributed by atoms with van der Waals surface area (Å²) in [6, 6.07) is 11.0. The van der Waals surface area contributed by atoms with E-state index in [0.717, 1.165) is 16.1 Å². The van der Waals surface area contributed by atoms with Gasteiger partial charge < -0.3 is 19.4 Å². The maximum absolute atomic E-state index is 12.6. The van der Waals surface area contributed by atoms with Gasteiger partial charge in [-0.05, 0) is 97.9 Å². The van der Waals surface area contributed by atoms with Crippen molar-refractivity contribution in [2.75, 3.05) is 6.61 Å². The predicted octanol–water partition coefficient (Wildman–Crippen LogP) is 4.52. The fraction of sp³-hybridized carbons (Fsp3) is 0.472. The maximum Gasteiger partial charge on any atom is 0.329 e. The Labute approximate surface area is 280 Å². The number of esters is 2. The van der Waals surface area contributed by atoms with Gasteiger partial charge >= 0.3 is 11.9 Å². The minimum atomic E-state index is -1.03. The quantitative estimate of drug-likeness (QED) is 0.148. The molecule has 2 aromatic rings. The molecular weight excluding hydrogens is 620 g/mol. The lowest BCUT2D eigenvalue weighted by atomic mass is 10.1. The molecule has 0 bridgehead atoms. The second-order valence-electron chi connectivity index (χ2n) is 13.5. The topological polar surface area (TPSA) is 165 Å². The summed E-state index contributed by atoms with van der Waals surface area (Å²) in [5.74, 6) is -3.20. The Balaban J connectivity index is 0.000000260. The van der Waals surface area contributed by atoms with E-state index < -0.39 is 58.9 Å². The van der Waals surface area contributed by atoms with Crippen LogP contribution in [0.5, 0.6) is 0 Å². The first kappa shape index (κ1) is 37.7. The standard InChI is InChI=1S/C18H23NO5.C18H21NO5/c2*1-18(2,3)24-17(23)14(10-6-7-11-20)19-15(21)12-8-4-5-9-13(12)16(19)22/h4-5,8-9,14,20H,6-7,10-11H2,1-3H3;4-5,8-9,11,14H,6-7,10H2,1-3H3/t2*14-/m00/s1. The van der Waals surface area contributed by atoms with Gasteiger partial charge in [-0.2, -0.15) is 0 Å². The Bertz CT molecular complexity index is 1480. The Morgan fingerprint density at radius 2 is 0.979 bits per heavy atom. The van der Waals surface area contributed by atoms with Crippen molar-refractivity contribution in [2.24, 2.45) is 0 Å². The number of benzene rings is 2.